The summed E-state index contributed by atoms with van der Waals surface area (Å²) in [6, 6.07) is 0. The van der Waals surface area contributed by atoms with Crippen molar-refractivity contribution in [3.8, 4) is 0 Å². The van der Waals surface area contributed by atoms with Gasteiger partial charge in [0.05, 0.1) is 6.20 Å². The van der Waals surface area contributed by atoms with E-state index in [1.807, 2.05) is 6.92 Å². The average molecular weight is 235 g/mol. The van der Waals surface area contributed by atoms with Gasteiger partial charge in [-0.05, 0) is 6.92 Å². The number of carboxylic acids is 1. The Bertz CT molecular complexity index is 636. The van der Waals surface area contributed by atoms with Crippen LogP contribution in [0.5, 0.6) is 0 Å². The molecular formula is C9H9N5O3. The number of aromatic nitrogens is 4. The van der Waals surface area contributed by atoms with Crippen LogP contribution in [0.1, 0.15) is 17.4 Å². The van der Waals surface area contributed by atoms with Crippen molar-refractivity contribution >= 4 is 23.1 Å². The molecule has 0 aliphatic carbocycles. The molecule has 2 rings (SSSR count). The molecule has 0 aliphatic rings. The maximum absolute atomic E-state index is 11.4. The normalized spacial score (nSPS) is 10.4. The Morgan fingerprint density at radius 3 is 2.94 bits per heavy atom. The van der Waals surface area contributed by atoms with Gasteiger partial charge in [0.25, 0.3) is 5.56 Å². The SMILES string of the molecule is CCNc1ncc2nc(C(=O)O)c(=O)[nH]c2n1. The van der Waals surface area contributed by atoms with E-state index in [4.69, 9.17) is 5.11 Å². The molecule has 8 heteroatoms. The first-order valence-corrected chi connectivity index (χ1v) is 4.86. The minimum atomic E-state index is -1.39. The van der Waals surface area contributed by atoms with E-state index in [1.165, 1.54) is 6.20 Å². The number of nitrogens with zero attached hydrogens (tertiary/aromatic N) is 3. The molecule has 3 N–H and O–H groups in total. The van der Waals surface area contributed by atoms with Gasteiger partial charge < -0.3 is 15.4 Å². The molecule has 0 saturated carbocycles. The standard InChI is InChI=1S/C9H9N5O3/c1-2-10-9-11-3-4-6(14-9)13-7(15)5(12-4)8(16)17/h3H,2H2,1H3,(H,16,17)(H2,10,11,13,14,15). The van der Waals surface area contributed by atoms with Gasteiger partial charge in [-0.25, -0.2) is 14.8 Å². The second-order valence-corrected chi connectivity index (χ2v) is 3.18. The smallest absolute Gasteiger partial charge is 0.360 e. The molecule has 0 spiro atoms. The fraction of sp³-hybridized carbons (Fsp3) is 0.222. The first-order valence-electron chi connectivity index (χ1n) is 4.86. The van der Waals surface area contributed by atoms with E-state index in [0.717, 1.165) is 0 Å². The van der Waals surface area contributed by atoms with Gasteiger partial charge in [0, 0.05) is 6.54 Å². The molecule has 0 amide bonds. The van der Waals surface area contributed by atoms with Crippen LogP contribution < -0.4 is 10.9 Å². The van der Waals surface area contributed by atoms with Gasteiger partial charge in [0.1, 0.15) is 5.52 Å². The molecule has 8 nitrogen and oxygen atoms in total. The van der Waals surface area contributed by atoms with Crippen molar-refractivity contribution in [3.63, 3.8) is 0 Å². The number of hydrogen-bond donors (Lipinski definition) is 3. The molecule has 0 bridgehead atoms. The summed E-state index contributed by atoms with van der Waals surface area (Å²) in [5.74, 6) is -1.04. The second kappa shape index (κ2) is 4.16. The summed E-state index contributed by atoms with van der Waals surface area (Å²) in [7, 11) is 0. The highest BCUT2D eigenvalue weighted by Crippen LogP contribution is 2.06. The zero-order valence-electron chi connectivity index (χ0n) is 8.89. The lowest BCUT2D eigenvalue weighted by atomic mass is 10.4. The first-order chi connectivity index (χ1) is 8.11. The fourth-order valence-corrected chi connectivity index (χ4v) is 1.28. The van der Waals surface area contributed by atoms with Crippen LogP contribution in [0.15, 0.2) is 11.0 Å². The van der Waals surface area contributed by atoms with Gasteiger partial charge in [0.2, 0.25) is 11.6 Å². The highest BCUT2D eigenvalue weighted by Gasteiger charge is 2.12. The highest BCUT2D eigenvalue weighted by molar-refractivity contribution is 5.87. The summed E-state index contributed by atoms with van der Waals surface area (Å²) >= 11 is 0. The van der Waals surface area contributed by atoms with E-state index in [1.54, 1.807) is 0 Å². The van der Waals surface area contributed by atoms with Crippen LogP contribution in [0.3, 0.4) is 0 Å². The van der Waals surface area contributed by atoms with Gasteiger partial charge in [0.15, 0.2) is 5.65 Å². The van der Waals surface area contributed by atoms with Crippen LogP contribution in [0.25, 0.3) is 11.2 Å². The molecule has 0 atom stereocenters. The number of fused-ring (bicyclic) bond motifs is 1. The number of rotatable bonds is 3. The Morgan fingerprint density at radius 2 is 2.29 bits per heavy atom. The van der Waals surface area contributed by atoms with Crippen LogP contribution >= 0.6 is 0 Å². The zero-order valence-corrected chi connectivity index (χ0v) is 8.89. The summed E-state index contributed by atoms with van der Waals surface area (Å²) in [6.45, 7) is 2.51. The van der Waals surface area contributed by atoms with E-state index >= 15 is 0 Å². The minimum Gasteiger partial charge on any atom is -0.476 e. The Morgan fingerprint density at radius 1 is 1.53 bits per heavy atom. The minimum absolute atomic E-state index is 0.200. The van der Waals surface area contributed by atoms with Crippen molar-refractivity contribution in [3.05, 3.63) is 22.2 Å². The second-order valence-electron chi connectivity index (χ2n) is 3.18. The zero-order chi connectivity index (χ0) is 12.4. The summed E-state index contributed by atoms with van der Waals surface area (Å²) in [5, 5.41) is 11.6. The van der Waals surface area contributed by atoms with Gasteiger partial charge in [-0.15, -0.1) is 0 Å². The molecule has 2 heterocycles. The lowest BCUT2D eigenvalue weighted by Crippen LogP contribution is -2.20. The van der Waals surface area contributed by atoms with E-state index in [2.05, 4.69) is 25.3 Å². The van der Waals surface area contributed by atoms with E-state index in [0.29, 0.717) is 12.5 Å². The van der Waals surface area contributed by atoms with Crippen molar-refractivity contribution in [2.45, 2.75) is 6.92 Å². The third kappa shape index (κ3) is 2.05. The average Bonchev–Trinajstić information content (AvgIpc) is 2.28. The van der Waals surface area contributed by atoms with Gasteiger partial charge in [-0.2, -0.15) is 4.98 Å². The Labute approximate surface area is 94.8 Å². The molecule has 0 aliphatic heterocycles. The summed E-state index contributed by atoms with van der Waals surface area (Å²) in [6.07, 6.45) is 1.35. The van der Waals surface area contributed by atoms with Gasteiger partial charge in [-0.3, -0.25) is 4.79 Å². The molecule has 17 heavy (non-hydrogen) atoms. The van der Waals surface area contributed by atoms with Crippen molar-refractivity contribution in [1.82, 2.24) is 19.9 Å². The highest BCUT2D eigenvalue weighted by atomic mass is 16.4. The number of anilines is 1. The van der Waals surface area contributed by atoms with Crippen LogP contribution in [0.2, 0.25) is 0 Å². The van der Waals surface area contributed by atoms with Crippen molar-refractivity contribution in [1.29, 1.82) is 0 Å². The van der Waals surface area contributed by atoms with Crippen LogP contribution in [-0.2, 0) is 0 Å². The van der Waals surface area contributed by atoms with E-state index in [-0.39, 0.29) is 11.2 Å². The van der Waals surface area contributed by atoms with Crippen molar-refractivity contribution in [2.24, 2.45) is 0 Å². The lowest BCUT2D eigenvalue weighted by Gasteiger charge is -2.02. The predicted molar refractivity (Wildman–Crippen MR) is 59.1 cm³/mol. The molecule has 88 valence electrons. The summed E-state index contributed by atoms with van der Waals surface area (Å²) < 4.78 is 0. The summed E-state index contributed by atoms with van der Waals surface area (Å²) in [5.41, 5.74) is -0.932. The lowest BCUT2D eigenvalue weighted by molar-refractivity contribution is 0.0689. The van der Waals surface area contributed by atoms with Crippen molar-refractivity contribution < 1.29 is 9.90 Å². The molecule has 0 saturated heterocycles. The quantitative estimate of drug-likeness (QED) is 0.675. The number of nitrogens with one attached hydrogen (secondary N) is 2. The fourth-order valence-electron chi connectivity index (χ4n) is 1.28. The van der Waals surface area contributed by atoms with Crippen LogP contribution in [0.4, 0.5) is 5.95 Å². The maximum Gasteiger partial charge on any atom is 0.360 e. The van der Waals surface area contributed by atoms with E-state index < -0.39 is 17.2 Å². The Kier molecular flexibility index (Phi) is 2.69. The number of hydrogen-bond acceptors (Lipinski definition) is 6. The van der Waals surface area contributed by atoms with Gasteiger partial charge >= 0.3 is 5.97 Å². The molecule has 2 aromatic rings. The largest absolute Gasteiger partial charge is 0.476 e. The molecule has 0 aromatic carbocycles. The number of carbonyl (C=O) groups is 1. The third-order valence-electron chi connectivity index (χ3n) is 1.99. The number of aromatic carboxylic acids is 1. The van der Waals surface area contributed by atoms with Gasteiger partial charge in [-0.1, -0.05) is 0 Å². The number of H-pyrrole nitrogens is 1. The van der Waals surface area contributed by atoms with Crippen molar-refractivity contribution in [2.75, 3.05) is 11.9 Å². The Balaban J connectivity index is 2.62. The monoisotopic (exact) mass is 235 g/mol. The maximum atomic E-state index is 11.4. The Hall–Kier alpha value is -2.51. The predicted octanol–water partition coefficient (Wildman–Crippen LogP) is -0.157. The molecular weight excluding hydrogens is 226 g/mol. The molecule has 0 fully saturated rings. The summed E-state index contributed by atoms with van der Waals surface area (Å²) in [4.78, 5) is 36.0. The third-order valence-corrected chi connectivity index (χ3v) is 1.99. The van der Waals surface area contributed by atoms with Crippen LogP contribution in [0, 0.1) is 0 Å². The number of carboxylic acid groups (broad SMARTS) is 1. The molecule has 0 radical (unpaired) electrons. The van der Waals surface area contributed by atoms with Crippen LogP contribution in [-0.4, -0.2) is 37.6 Å². The van der Waals surface area contributed by atoms with E-state index in [9.17, 15) is 9.59 Å². The number of aromatic amines is 1. The molecule has 2 aromatic heterocycles. The first kappa shape index (κ1) is 11.0. The topological polar surface area (TPSA) is 121 Å². The molecule has 0 unspecified atom stereocenters.